The van der Waals surface area contributed by atoms with E-state index < -0.39 is 5.97 Å². The molecule has 0 aliphatic carbocycles. The van der Waals surface area contributed by atoms with E-state index in [0.717, 1.165) is 22.6 Å². The van der Waals surface area contributed by atoms with Crippen molar-refractivity contribution in [1.29, 1.82) is 0 Å². The van der Waals surface area contributed by atoms with Crippen molar-refractivity contribution in [3.05, 3.63) is 114 Å². The Morgan fingerprint density at radius 2 is 1.31 bits per heavy atom. The third kappa shape index (κ3) is 4.43. The predicted molar refractivity (Wildman–Crippen MR) is 136 cm³/mol. The standard InChI is InChI=1S/C28H20N4O3/c33-27-25(31-24-4-2-1-3-23(24)26(27)28(34)35)10-7-19-5-8-20(9-6-19)32(21-11-15-29-16-12-21)22-13-17-30-18-14-22/h1-18,33H,(H,34,35)/b10-7+. The minimum absolute atomic E-state index is 0.157. The van der Waals surface area contributed by atoms with Gasteiger partial charge in [0.1, 0.15) is 11.3 Å². The van der Waals surface area contributed by atoms with E-state index in [1.807, 2.05) is 48.5 Å². The lowest BCUT2D eigenvalue weighted by Crippen LogP contribution is -2.09. The highest BCUT2D eigenvalue weighted by atomic mass is 16.4. The van der Waals surface area contributed by atoms with Crippen molar-refractivity contribution in [1.82, 2.24) is 15.0 Å². The van der Waals surface area contributed by atoms with Crippen LogP contribution >= 0.6 is 0 Å². The summed E-state index contributed by atoms with van der Waals surface area (Å²) in [4.78, 5) is 26.5. The number of carbonyl (C=O) groups is 1. The van der Waals surface area contributed by atoms with Crippen LogP contribution in [0.1, 0.15) is 21.6 Å². The number of nitrogens with zero attached hydrogens (tertiary/aromatic N) is 4. The van der Waals surface area contributed by atoms with Crippen LogP contribution in [0, 0.1) is 0 Å². The molecule has 0 atom stereocenters. The molecular formula is C28H20N4O3. The molecule has 0 bridgehead atoms. The number of fused-ring (bicyclic) bond motifs is 1. The van der Waals surface area contributed by atoms with Crippen LogP contribution in [-0.2, 0) is 0 Å². The van der Waals surface area contributed by atoms with E-state index in [-0.39, 0.29) is 17.0 Å². The van der Waals surface area contributed by atoms with Crippen LogP contribution in [0.25, 0.3) is 23.1 Å². The molecule has 5 rings (SSSR count). The Balaban J connectivity index is 1.49. The Labute approximate surface area is 201 Å². The van der Waals surface area contributed by atoms with Crippen molar-refractivity contribution < 1.29 is 15.0 Å². The predicted octanol–water partition coefficient (Wildman–Crippen LogP) is 6.07. The molecule has 2 N–H and O–H groups in total. The minimum Gasteiger partial charge on any atom is -0.505 e. The zero-order valence-corrected chi connectivity index (χ0v) is 18.5. The van der Waals surface area contributed by atoms with Crippen LogP contribution in [-0.4, -0.2) is 31.1 Å². The maximum atomic E-state index is 11.8. The molecule has 0 spiro atoms. The molecule has 5 aromatic rings. The van der Waals surface area contributed by atoms with Crippen molar-refractivity contribution in [2.45, 2.75) is 0 Å². The molecule has 170 valence electrons. The Morgan fingerprint density at radius 3 is 1.91 bits per heavy atom. The third-order valence-corrected chi connectivity index (χ3v) is 5.53. The van der Waals surface area contributed by atoms with E-state index >= 15 is 0 Å². The van der Waals surface area contributed by atoms with Gasteiger partial charge in [0.05, 0.1) is 5.52 Å². The van der Waals surface area contributed by atoms with Crippen LogP contribution < -0.4 is 4.90 Å². The number of pyridine rings is 3. The number of aromatic carboxylic acids is 1. The Hall–Kier alpha value is -5.04. The van der Waals surface area contributed by atoms with Gasteiger partial charge in [0.15, 0.2) is 5.75 Å². The highest BCUT2D eigenvalue weighted by molar-refractivity contribution is 6.06. The number of hydrogen-bond donors (Lipinski definition) is 2. The first-order chi connectivity index (χ1) is 17.1. The van der Waals surface area contributed by atoms with Gasteiger partial charge >= 0.3 is 5.97 Å². The number of hydrogen-bond acceptors (Lipinski definition) is 6. The van der Waals surface area contributed by atoms with E-state index in [1.165, 1.54) is 0 Å². The van der Waals surface area contributed by atoms with Crippen molar-refractivity contribution in [3.8, 4) is 5.75 Å². The van der Waals surface area contributed by atoms with Gasteiger partial charge in [-0.05, 0) is 54.1 Å². The summed E-state index contributed by atoms with van der Waals surface area (Å²) in [5, 5.41) is 20.6. The van der Waals surface area contributed by atoms with Crippen LogP contribution in [0.2, 0.25) is 0 Å². The number of para-hydroxylation sites is 1. The molecule has 7 heteroatoms. The third-order valence-electron chi connectivity index (χ3n) is 5.53. The number of carboxylic acid groups (broad SMARTS) is 1. The van der Waals surface area contributed by atoms with Crippen molar-refractivity contribution >= 4 is 46.1 Å². The molecule has 0 aliphatic rings. The zero-order valence-electron chi connectivity index (χ0n) is 18.5. The molecule has 0 amide bonds. The first-order valence-electron chi connectivity index (χ1n) is 10.8. The Kier molecular flexibility index (Phi) is 5.88. The number of benzene rings is 2. The normalized spacial score (nSPS) is 11.1. The average Bonchev–Trinajstić information content (AvgIpc) is 2.89. The molecular weight excluding hydrogens is 440 g/mol. The number of aromatic hydroxyl groups is 1. The second kappa shape index (κ2) is 9.44. The van der Waals surface area contributed by atoms with Gasteiger partial charge in [0, 0.05) is 47.2 Å². The zero-order chi connectivity index (χ0) is 24.2. The lowest BCUT2D eigenvalue weighted by atomic mass is 10.1. The molecule has 0 aliphatic heterocycles. The van der Waals surface area contributed by atoms with Gasteiger partial charge in [-0.15, -0.1) is 0 Å². The molecule has 0 saturated heterocycles. The molecule has 3 heterocycles. The summed E-state index contributed by atoms with van der Waals surface area (Å²) in [6.45, 7) is 0. The molecule has 7 nitrogen and oxygen atoms in total. The van der Waals surface area contributed by atoms with Crippen LogP contribution in [0.4, 0.5) is 17.1 Å². The smallest absolute Gasteiger partial charge is 0.340 e. The minimum atomic E-state index is -1.20. The van der Waals surface area contributed by atoms with Gasteiger partial charge in [-0.1, -0.05) is 36.4 Å². The molecule has 0 radical (unpaired) electrons. The monoisotopic (exact) mass is 460 g/mol. The SMILES string of the molecule is O=C(O)c1c(O)c(/C=C/c2ccc(N(c3ccncc3)c3ccncc3)cc2)nc2ccccc12. The summed E-state index contributed by atoms with van der Waals surface area (Å²) in [6.07, 6.45) is 10.4. The van der Waals surface area contributed by atoms with Crippen LogP contribution in [0.15, 0.2) is 97.6 Å². The average molecular weight is 460 g/mol. The molecule has 2 aromatic carbocycles. The fourth-order valence-corrected chi connectivity index (χ4v) is 3.90. The highest BCUT2D eigenvalue weighted by Crippen LogP contribution is 2.34. The quantitative estimate of drug-likeness (QED) is 0.317. The largest absolute Gasteiger partial charge is 0.505 e. The fraction of sp³-hybridized carbons (Fsp3) is 0. The molecule has 0 fully saturated rings. The van der Waals surface area contributed by atoms with Gasteiger partial charge in [0.2, 0.25) is 0 Å². The van der Waals surface area contributed by atoms with E-state index in [9.17, 15) is 15.0 Å². The first-order valence-corrected chi connectivity index (χ1v) is 10.8. The maximum absolute atomic E-state index is 11.8. The van der Waals surface area contributed by atoms with E-state index in [1.54, 1.807) is 61.2 Å². The fourth-order valence-electron chi connectivity index (χ4n) is 3.90. The molecule has 0 saturated carbocycles. The van der Waals surface area contributed by atoms with E-state index in [4.69, 9.17) is 0 Å². The van der Waals surface area contributed by atoms with Gasteiger partial charge in [0.25, 0.3) is 0 Å². The second-order valence-corrected chi connectivity index (χ2v) is 7.71. The summed E-state index contributed by atoms with van der Waals surface area (Å²) in [7, 11) is 0. The summed E-state index contributed by atoms with van der Waals surface area (Å²) in [5.41, 5.74) is 4.27. The van der Waals surface area contributed by atoms with Crippen LogP contribution in [0.5, 0.6) is 5.75 Å². The Bertz CT molecular complexity index is 1480. The first kappa shape index (κ1) is 21.8. The van der Waals surface area contributed by atoms with Gasteiger partial charge < -0.3 is 15.1 Å². The highest BCUT2D eigenvalue weighted by Gasteiger charge is 2.18. The Morgan fingerprint density at radius 1 is 0.743 bits per heavy atom. The van der Waals surface area contributed by atoms with Gasteiger partial charge in [-0.2, -0.15) is 0 Å². The van der Waals surface area contributed by atoms with Crippen molar-refractivity contribution in [2.24, 2.45) is 0 Å². The van der Waals surface area contributed by atoms with E-state index in [2.05, 4.69) is 19.9 Å². The maximum Gasteiger partial charge on any atom is 0.340 e. The summed E-state index contributed by atoms with van der Waals surface area (Å²) in [6, 6.07) is 22.4. The van der Waals surface area contributed by atoms with Gasteiger partial charge in [-0.3, -0.25) is 9.97 Å². The number of anilines is 3. The van der Waals surface area contributed by atoms with Gasteiger partial charge in [-0.25, -0.2) is 9.78 Å². The lowest BCUT2D eigenvalue weighted by molar-refractivity contribution is 0.0696. The van der Waals surface area contributed by atoms with Crippen molar-refractivity contribution in [3.63, 3.8) is 0 Å². The molecule has 3 aromatic heterocycles. The topological polar surface area (TPSA) is 99.4 Å². The summed E-state index contributed by atoms with van der Waals surface area (Å²) in [5.74, 6) is -1.56. The second-order valence-electron chi connectivity index (χ2n) is 7.71. The number of aromatic nitrogens is 3. The van der Waals surface area contributed by atoms with E-state index in [0.29, 0.717) is 10.9 Å². The number of rotatable bonds is 6. The molecule has 0 unspecified atom stereocenters. The van der Waals surface area contributed by atoms with Crippen LogP contribution in [0.3, 0.4) is 0 Å². The lowest BCUT2D eigenvalue weighted by Gasteiger charge is -2.25. The number of carboxylic acids is 1. The summed E-state index contributed by atoms with van der Waals surface area (Å²) >= 11 is 0. The summed E-state index contributed by atoms with van der Waals surface area (Å²) < 4.78 is 0. The molecule has 35 heavy (non-hydrogen) atoms. The van der Waals surface area contributed by atoms with Crippen molar-refractivity contribution in [2.75, 3.05) is 4.90 Å².